The minimum Gasteiger partial charge on any atom is -0.478 e. The number of aromatic carboxylic acids is 1. The van der Waals surface area contributed by atoms with Crippen LogP contribution in [-0.4, -0.2) is 42.0 Å². The number of pyridine rings is 1. The van der Waals surface area contributed by atoms with Crippen LogP contribution >= 0.6 is 11.6 Å². The van der Waals surface area contributed by atoms with E-state index in [1.54, 1.807) is 0 Å². The Bertz CT molecular complexity index is 588. The molecule has 1 saturated heterocycles. The number of nitrogens with one attached hydrogen (secondary N) is 1. The highest BCUT2D eigenvalue weighted by Crippen LogP contribution is 2.23. The lowest BCUT2D eigenvalue weighted by atomic mass is 10.2. The molecule has 98 valence electrons. The van der Waals surface area contributed by atoms with Gasteiger partial charge in [-0.1, -0.05) is 11.6 Å². The Kier molecular flexibility index (Phi) is 3.45. The predicted molar refractivity (Wildman–Crippen MR) is 66.9 cm³/mol. The lowest BCUT2D eigenvalue weighted by Gasteiger charge is -2.12. The first-order valence-corrected chi connectivity index (χ1v) is 7.43. The van der Waals surface area contributed by atoms with Gasteiger partial charge in [-0.25, -0.2) is 18.2 Å². The lowest BCUT2D eigenvalue weighted by molar-refractivity contribution is 0.0696. The molecule has 0 aliphatic carbocycles. The van der Waals surface area contributed by atoms with E-state index in [0.29, 0.717) is 12.2 Å². The first kappa shape index (κ1) is 13.1. The van der Waals surface area contributed by atoms with E-state index in [4.69, 9.17) is 16.7 Å². The summed E-state index contributed by atoms with van der Waals surface area (Å²) < 4.78 is 22.6. The fourth-order valence-corrected chi connectivity index (χ4v) is 3.66. The van der Waals surface area contributed by atoms with Crippen molar-refractivity contribution in [3.63, 3.8) is 0 Å². The minimum absolute atomic E-state index is 0.00964. The van der Waals surface area contributed by atoms with E-state index in [2.05, 4.69) is 10.3 Å². The molecule has 1 atom stereocenters. The zero-order valence-electron chi connectivity index (χ0n) is 9.26. The van der Waals surface area contributed by atoms with Crippen LogP contribution in [0.5, 0.6) is 0 Å². The number of carboxylic acid groups (broad SMARTS) is 1. The van der Waals surface area contributed by atoms with Gasteiger partial charge in [0.2, 0.25) is 0 Å². The van der Waals surface area contributed by atoms with Crippen molar-refractivity contribution >= 4 is 33.2 Å². The number of halogens is 1. The van der Waals surface area contributed by atoms with Gasteiger partial charge in [-0.3, -0.25) is 0 Å². The molecule has 18 heavy (non-hydrogen) atoms. The molecule has 6 nitrogen and oxygen atoms in total. The summed E-state index contributed by atoms with van der Waals surface area (Å²) in [6.07, 6.45) is 1.68. The summed E-state index contributed by atoms with van der Waals surface area (Å²) in [4.78, 5) is 14.6. The van der Waals surface area contributed by atoms with Gasteiger partial charge in [0, 0.05) is 12.2 Å². The average molecular weight is 291 g/mol. The summed E-state index contributed by atoms with van der Waals surface area (Å²) in [6, 6.07) is 1.05. The number of nitrogens with zero attached hydrogens (tertiary/aromatic N) is 1. The molecule has 0 saturated carbocycles. The standard InChI is InChI=1S/C10H11ClN2O4S/c11-8-3-6(10(14)15)4-12-9(8)13-7-1-2-18(16,17)5-7/h3-4,7H,1-2,5H2,(H,12,13)(H,14,15). The van der Waals surface area contributed by atoms with E-state index in [1.165, 1.54) is 12.3 Å². The number of anilines is 1. The largest absolute Gasteiger partial charge is 0.478 e. The minimum atomic E-state index is -2.98. The summed E-state index contributed by atoms with van der Waals surface area (Å²) in [5.41, 5.74) is -0.00964. The second-order valence-electron chi connectivity index (χ2n) is 4.10. The Balaban J connectivity index is 2.13. The molecule has 2 heterocycles. The molecule has 1 aromatic rings. The second-order valence-corrected chi connectivity index (χ2v) is 6.74. The molecule has 2 N–H and O–H groups in total. The molecule has 8 heteroatoms. The van der Waals surface area contributed by atoms with Crippen LogP contribution < -0.4 is 5.32 Å². The smallest absolute Gasteiger partial charge is 0.337 e. The fourth-order valence-electron chi connectivity index (χ4n) is 1.76. The van der Waals surface area contributed by atoms with Gasteiger partial charge in [0.25, 0.3) is 0 Å². The molecular weight excluding hydrogens is 280 g/mol. The second kappa shape index (κ2) is 4.74. The molecule has 1 aliphatic rings. The molecule has 0 bridgehead atoms. The maximum Gasteiger partial charge on any atom is 0.337 e. The van der Waals surface area contributed by atoms with Crippen molar-refractivity contribution in [2.75, 3.05) is 16.8 Å². The van der Waals surface area contributed by atoms with Crippen LogP contribution in [0.1, 0.15) is 16.8 Å². The highest BCUT2D eigenvalue weighted by Gasteiger charge is 2.28. The molecule has 2 rings (SSSR count). The first-order chi connectivity index (χ1) is 8.37. The van der Waals surface area contributed by atoms with Gasteiger partial charge >= 0.3 is 5.97 Å². The molecule has 0 spiro atoms. The molecule has 0 aromatic carbocycles. The molecule has 1 fully saturated rings. The maximum absolute atomic E-state index is 11.3. The van der Waals surface area contributed by atoms with Crippen LogP contribution in [0.25, 0.3) is 0 Å². The van der Waals surface area contributed by atoms with Gasteiger partial charge in [-0.2, -0.15) is 0 Å². The SMILES string of the molecule is O=C(O)c1cnc(NC2CCS(=O)(=O)C2)c(Cl)c1. The first-order valence-electron chi connectivity index (χ1n) is 5.23. The molecule has 1 aliphatic heterocycles. The fraction of sp³-hybridized carbons (Fsp3) is 0.400. The maximum atomic E-state index is 11.3. The van der Waals surface area contributed by atoms with Crippen LogP contribution in [-0.2, 0) is 9.84 Å². The van der Waals surface area contributed by atoms with Crippen molar-refractivity contribution in [3.05, 3.63) is 22.8 Å². The summed E-state index contributed by atoms with van der Waals surface area (Å²) >= 11 is 5.89. The van der Waals surface area contributed by atoms with E-state index in [9.17, 15) is 13.2 Å². The van der Waals surface area contributed by atoms with Crippen LogP contribution in [0.4, 0.5) is 5.82 Å². The quantitative estimate of drug-likeness (QED) is 0.863. The molecular formula is C10H11ClN2O4S. The van der Waals surface area contributed by atoms with Gasteiger partial charge in [-0.15, -0.1) is 0 Å². The third-order valence-corrected chi connectivity index (χ3v) is 4.72. The van der Waals surface area contributed by atoms with E-state index in [-0.39, 0.29) is 28.1 Å². The number of carboxylic acids is 1. The van der Waals surface area contributed by atoms with Gasteiger partial charge in [-0.05, 0) is 12.5 Å². The van der Waals surface area contributed by atoms with Crippen molar-refractivity contribution in [1.82, 2.24) is 4.98 Å². The summed E-state index contributed by atoms with van der Waals surface area (Å²) in [5, 5.41) is 11.8. The number of hydrogen-bond donors (Lipinski definition) is 2. The zero-order chi connectivity index (χ0) is 13.3. The molecule has 1 unspecified atom stereocenters. The normalized spacial score (nSPS) is 21.7. The third kappa shape index (κ3) is 2.91. The van der Waals surface area contributed by atoms with Crippen LogP contribution in [0.15, 0.2) is 12.3 Å². The highest BCUT2D eigenvalue weighted by atomic mass is 35.5. The monoisotopic (exact) mass is 290 g/mol. The predicted octanol–water partition coefficient (Wildman–Crippen LogP) is 1.03. The lowest BCUT2D eigenvalue weighted by Crippen LogP contribution is -2.21. The van der Waals surface area contributed by atoms with Crippen molar-refractivity contribution in [2.24, 2.45) is 0 Å². The summed E-state index contributed by atoms with van der Waals surface area (Å²) in [5.74, 6) is -0.607. The molecule has 0 amide bonds. The Morgan fingerprint density at radius 1 is 1.56 bits per heavy atom. The average Bonchev–Trinajstić information content (AvgIpc) is 2.61. The van der Waals surface area contributed by atoms with Crippen LogP contribution in [0.2, 0.25) is 5.02 Å². The van der Waals surface area contributed by atoms with Gasteiger partial charge < -0.3 is 10.4 Å². The van der Waals surface area contributed by atoms with Crippen LogP contribution in [0, 0.1) is 0 Å². The van der Waals surface area contributed by atoms with Crippen molar-refractivity contribution in [1.29, 1.82) is 0 Å². The summed E-state index contributed by atoms with van der Waals surface area (Å²) in [7, 11) is -2.98. The van der Waals surface area contributed by atoms with Crippen molar-refractivity contribution in [3.8, 4) is 0 Å². The zero-order valence-corrected chi connectivity index (χ0v) is 10.8. The number of aromatic nitrogens is 1. The molecule has 1 aromatic heterocycles. The van der Waals surface area contributed by atoms with Crippen molar-refractivity contribution < 1.29 is 18.3 Å². The number of hydrogen-bond acceptors (Lipinski definition) is 5. The van der Waals surface area contributed by atoms with Gasteiger partial charge in [0.05, 0.1) is 22.1 Å². The Hall–Kier alpha value is -1.34. The van der Waals surface area contributed by atoms with Gasteiger partial charge in [0.1, 0.15) is 5.82 Å². The van der Waals surface area contributed by atoms with E-state index in [1.807, 2.05) is 0 Å². The van der Waals surface area contributed by atoms with E-state index < -0.39 is 15.8 Å². The number of rotatable bonds is 3. The number of carbonyl (C=O) groups is 1. The van der Waals surface area contributed by atoms with E-state index in [0.717, 1.165) is 0 Å². The van der Waals surface area contributed by atoms with E-state index >= 15 is 0 Å². The van der Waals surface area contributed by atoms with Crippen molar-refractivity contribution in [2.45, 2.75) is 12.5 Å². The Morgan fingerprint density at radius 2 is 2.28 bits per heavy atom. The Labute approximate surface area is 109 Å². The van der Waals surface area contributed by atoms with Crippen LogP contribution in [0.3, 0.4) is 0 Å². The topological polar surface area (TPSA) is 96.4 Å². The summed E-state index contributed by atoms with van der Waals surface area (Å²) in [6.45, 7) is 0. The van der Waals surface area contributed by atoms with Gasteiger partial charge in [0.15, 0.2) is 9.84 Å². The highest BCUT2D eigenvalue weighted by molar-refractivity contribution is 7.91. The third-order valence-electron chi connectivity index (χ3n) is 2.66. The molecule has 0 radical (unpaired) electrons. The Morgan fingerprint density at radius 3 is 2.78 bits per heavy atom. The number of sulfone groups is 1.